The van der Waals surface area contributed by atoms with Crippen molar-refractivity contribution in [3.05, 3.63) is 35.1 Å². The molecule has 72 valence electrons. The molecule has 1 aromatic carbocycles. The molecule has 0 aliphatic carbocycles. The van der Waals surface area contributed by atoms with Gasteiger partial charge in [-0.05, 0) is 19.1 Å². The number of furan rings is 1. The molecule has 1 heterocycles. The highest BCUT2D eigenvalue weighted by atomic mass is 16.4. The molecule has 3 heteroatoms. The van der Waals surface area contributed by atoms with Crippen molar-refractivity contribution in [3.8, 4) is 0 Å². The van der Waals surface area contributed by atoms with Crippen LogP contribution in [-0.4, -0.2) is 11.4 Å². The van der Waals surface area contributed by atoms with E-state index in [1.165, 1.54) is 0 Å². The third-order valence-electron chi connectivity index (χ3n) is 2.22. The molecule has 0 radical (unpaired) electrons. The number of carbonyl (C=O) groups is 1. The number of aryl methyl sites for hydroxylation is 1. The summed E-state index contributed by atoms with van der Waals surface area (Å²) in [6, 6.07) is 5.58. The minimum atomic E-state index is -0.248. The molecule has 0 unspecified atom stereocenters. The summed E-state index contributed by atoms with van der Waals surface area (Å²) in [7, 11) is 0. The van der Waals surface area contributed by atoms with Crippen LogP contribution in [0.5, 0.6) is 0 Å². The second-order valence-electron chi connectivity index (χ2n) is 3.21. The Bertz CT molecular complexity index is 482. The van der Waals surface area contributed by atoms with E-state index in [9.17, 15) is 4.79 Å². The molecule has 1 N–H and O–H groups in total. The van der Waals surface area contributed by atoms with Crippen LogP contribution in [0, 0.1) is 6.92 Å². The topological polar surface area (TPSA) is 50.4 Å². The van der Waals surface area contributed by atoms with Gasteiger partial charge in [0.2, 0.25) is 0 Å². The SMILES string of the molecule is Cc1ccc2oc(CO)c(C=O)c2c1. The highest BCUT2D eigenvalue weighted by Crippen LogP contribution is 2.25. The predicted octanol–water partition coefficient (Wildman–Crippen LogP) is 2.05. The zero-order valence-corrected chi connectivity index (χ0v) is 7.78. The summed E-state index contributed by atoms with van der Waals surface area (Å²) < 4.78 is 5.31. The number of rotatable bonds is 2. The predicted molar refractivity (Wildman–Crippen MR) is 52.3 cm³/mol. The van der Waals surface area contributed by atoms with Gasteiger partial charge in [0.25, 0.3) is 0 Å². The first-order valence-electron chi connectivity index (χ1n) is 4.34. The van der Waals surface area contributed by atoms with Crippen LogP contribution < -0.4 is 0 Å². The van der Waals surface area contributed by atoms with Gasteiger partial charge in [-0.25, -0.2) is 0 Å². The van der Waals surface area contributed by atoms with Crippen molar-refractivity contribution in [1.29, 1.82) is 0 Å². The minimum absolute atomic E-state index is 0.248. The number of aliphatic hydroxyl groups excluding tert-OH is 1. The summed E-state index contributed by atoms with van der Waals surface area (Å²) in [5.41, 5.74) is 2.15. The molecule has 0 aliphatic heterocycles. The average Bonchev–Trinajstić information content (AvgIpc) is 2.54. The van der Waals surface area contributed by atoms with Gasteiger partial charge in [-0.1, -0.05) is 11.6 Å². The monoisotopic (exact) mass is 190 g/mol. The first-order valence-corrected chi connectivity index (χ1v) is 4.34. The van der Waals surface area contributed by atoms with Crippen LogP contribution in [0.25, 0.3) is 11.0 Å². The lowest BCUT2D eigenvalue weighted by molar-refractivity contribution is 0.111. The van der Waals surface area contributed by atoms with Gasteiger partial charge < -0.3 is 9.52 Å². The zero-order valence-electron chi connectivity index (χ0n) is 7.78. The van der Waals surface area contributed by atoms with Crippen LogP contribution in [-0.2, 0) is 6.61 Å². The van der Waals surface area contributed by atoms with Crippen LogP contribution in [0.1, 0.15) is 21.7 Å². The van der Waals surface area contributed by atoms with Gasteiger partial charge in [-0.15, -0.1) is 0 Å². The molecule has 1 aromatic heterocycles. The Balaban J connectivity index is 2.81. The smallest absolute Gasteiger partial charge is 0.154 e. The third kappa shape index (κ3) is 1.22. The molecule has 2 aromatic rings. The maximum absolute atomic E-state index is 10.8. The fourth-order valence-corrected chi connectivity index (χ4v) is 1.53. The van der Waals surface area contributed by atoms with Gasteiger partial charge >= 0.3 is 0 Å². The lowest BCUT2D eigenvalue weighted by Gasteiger charge is -1.91. The third-order valence-corrected chi connectivity index (χ3v) is 2.22. The standard InChI is InChI=1S/C11H10O3/c1-7-2-3-10-8(4-7)9(5-12)11(6-13)14-10/h2-5,13H,6H2,1H3. The summed E-state index contributed by atoms with van der Waals surface area (Å²) in [6.07, 6.45) is 0.719. The molecular weight excluding hydrogens is 180 g/mol. The van der Waals surface area contributed by atoms with Crippen molar-refractivity contribution in [3.63, 3.8) is 0 Å². The maximum atomic E-state index is 10.8. The number of aliphatic hydroxyl groups is 1. The van der Waals surface area contributed by atoms with Crippen LogP contribution >= 0.6 is 0 Å². The number of fused-ring (bicyclic) bond motifs is 1. The Morgan fingerprint density at radius 2 is 2.29 bits per heavy atom. The van der Waals surface area contributed by atoms with Crippen molar-refractivity contribution >= 4 is 17.3 Å². The summed E-state index contributed by atoms with van der Waals surface area (Å²) in [6.45, 7) is 1.70. The van der Waals surface area contributed by atoms with Crippen molar-refractivity contribution in [2.24, 2.45) is 0 Å². The largest absolute Gasteiger partial charge is 0.458 e. The fraction of sp³-hybridized carbons (Fsp3) is 0.182. The van der Waals surface area contributed by atoms with Gasteiger partial charge in [0.15, 0.2) is 6.29 Å². The molecule has 0 aliphatic rings. The van der Waals surface area contributed by atoms with Gasteiger partial charge in [0.05, 0.1) is 5.56 Å². The van der Waals surface area contributed by atoms with Crippen molar-refractivity contribution in [1.82, 2.24) is 0 Å². The molecule has 3 nitrogen and oxygen atoms in total. The Kier molecular flexibility index (Phi) is 2.09. The number of hydrogen-bond donors (Lipinski definition) is 1. The van der Waals surface area contributed by atoms with E-state index >= 15 is 0 Å². The van der Waals surface area contributed by atoms with Crippen LogP contribution in [0.4, 0.5) is 0 Å². The van der Waals surface area contributed by atoms with E-state index in [1.54, 1.807) is 6.07 Å². The van der Waals surface area contributed by atoms with Gasteiger partial charge in [-0.2, -0.15) is 0 Å². The number of aldehydes is 1. The van der Waals surface area contributed by atoms with E-state index in [2.05, 4.69) is 0 Å². The van der Waals surface area contributed by atoms with Crippen molar-refractivity contribution in [2.75, 3.05) is 0 Å². The van der Waals surface area contributed by atoms with Gasteiger partial charge in [0, 0.05) is 5.39 Å². The maximum Gasteiger partial charge on any atom is 0.154 e. The average molecular weight is 190 g/mol. The van der Waals surface area contributed by atoms with Crippen LogP contribution in [0.2, 0.25) is 0 Å². The van der Waals surface area contributed by atoms with Crippen molar-refractivity contribution in [2.45, 2.75) is 13.5 Å². The van der Waals surface area contributed by atoms with Gasteiger partial charge in [-0.3, -0.25) is 4.79 Å². The number of benzene rings is 1. The van der Waals surface area contributed by atoms with E-state index in [1.807, 2.05) is 19.1 Å². The highest BCUT2D eigenvalue weighted by Gasteiger charge is 2.12. The summed E-state index contributed by atoms with van der Waals surface area (Å²) in [4.78, 5) is 10.8. The molecule has 14 heavy (non-hydrogen) atoms. The second-order valence-corrected chi connectivity index (χ2v) is 3.21. The lowest BCUT2D eigenvalue weighted by atomic mass is 10.1. The quantitative estimate of drug-likeness (QED) is 0.737. The van der Waals surface area contributed by atoms with E-state index in [0.717, 1.165) is 17.2 Å². The van der Waals surface area contributed by atoms with E-state index in [0.29, 0.717) is 16.9 Å². The van der Waals surface area contributed by atoms with E-state index in [4.69, 9.17) is 9.52 Å². The molecule has 0 bridgehead atoms. The Morgan fingerprint density at radius 1 is 1.50 bits per heavy atom. The first kappa shape index (κ1) is 8.97. The summed E-state index contributed by atoms with van der Waals surface area (Å²) in [5.74, 6) is 0.334. The Labute approximate surface area is 81.0 Å². The molecular formula is C11H10O3. The normalized spacial score (nSPS) is 10.7. The molecule has 2 rings (SSSR count). The Hall–Kier alpha value is -1.61. The zero-order chi connectivity index (χ0) is 10.1. The van der Waals surface area contributed by atoms with Crippen molar-refractivity contribution < 1.29 is 14.3 Å². The van der Waals surface area contributed by atoms with E-state index in [-0.39, 0.29) is 6.61 Å². The molecule has 0 fully saturated rings. The molecule has 0 spiro atoms. The molecule has 0 saturated carbocycles. The molecule has 0 atom stereocenters. The van der Waals surface area contributed by atoms with E-state index < -0.39 is 0 Å². The highest BCUT2D eigenvalue weighted by molar-refractivity contribution is 5.97. The van der Waals surface area contributed by atoms with Crippen LogP contribution in [0.15, 0.2) is 22.6 Å². The number of hydrogen-bond acceptors (Lipinski definition) is 3. The minimum Gasteiger partial charge on any atom is -0.458 e. The lowest BCUT2D eigenvalue weighted by Crippen LogP contribution is -1.86. The van der Waals surface area contributed by atoms with Gasteiger partial charge in [0.1, 0.15) is 18.0 Å². The molecule has 0 saturated heterocycles. The summed E-state index contributed by atoms with van der Waals surface area (Å²) in [5, 5.41) is 9.73. The Morgan fingerprint density at radius 3 is 2.93 bits per heavy atom. The summed E-state index contributed by atoms with van der Waals surface area (Å²) >= 11 is 0. The second kappa shape index (κ2) is 3.27. The molecule has 0 amide bonds. The fourth-order valence-electron chi connectivity index (χ4n) is 1.53. The first-order chi connectivity index (χ1) is 6.76. The van der Waals surface area contributed by atoms with Crippen LogP contribution in [0.3, 0.4) is 0 Å². The number of carbonyl (C=O) groups excluding carboxylic acids is 1.